The molecule has 1 aliphatic heterocycles. The van der Waals surface area contributed by atoms with Crippen molar-refractivity contribution >= 4 is 5.91 Å². The number of carbonyl (C=O) groups excluding carboxylic acids is 1. The Bertz CT molecular complexity index is 143. The van der Waals surface area contributed by atoms with Crippen molar-refractivity contribution < 1.29 is 14.3 Å². The molecule has 1 N–H and O–H groups in total. The number of amides is 1. The summed E-state index contributed by atoms with van der Waals surface area (Å²) in [6.07, 6.45) is 0.846. The van der Waals surface area contributed by atoms with Gasteiger partial charge in [-0.3, -0.25) is 4.79 Å². The molecule has 12 heavy (non-hydrogen) atoms. The number of carbonyl (C=O) groups is 1. The Kier molecular flexibility index (Phi) is 4.04. The Morgan fingerprint density at radius 3 is 3.17 bits per heavy atom. The number of rotatable bonds is 4. The van der Waals surface area contributed by atoms with Crippen LogP contribution in [0, 0.1) is 5.92 Å². The second-order valence-corrected chi connectivity index (χ2v) is 2.84. The number of methoxy groups -OCH3 is 1. The van der Waals surface area contributed by atoms with Crippen LogP contribution >= 0.6 is 0 Å². The largest absolute Gasteiger partial charge is 0.383 e. The topological polar surface area (TPSA) is 47.6 Å². The molecule has 1 unspecified atom stereocenters. The van der Waals surface area contributed by atoms with Crippen LogP contribution in [0.25, 0.3) is 0 Å². The molecule has 1 atom stereocenters. The van der Waals surface area contributed by atoms with Crippen molar-refractivity contribution in [3.05, 3.63) is 0 Å². The molecule has 70 valence electrons. The Hall–Kier alpha value is -0.610. The van der Waals surface area contributed by atoms with E-state index in [2.05, 4.69) is 5.32 Å². The summed E-state index contributed by atoms with van der Waals surface area (Å²) in [5, 5.41) is 2.78. The zero-order valence-electron chi connectivity index (χ0n) is 7.34. The standard InChI is InChI=1S/C8H15NO3/c1-11-5-3-9-8(10)7-2-4-12-6-7/h7H,2-6H2,1H3,(H,9,10). The molecule has 1 heterocycles. The molecule has 0 radical (unpaired) electrons. The van der Waals surface area contributed by atoms with Gasteiger partial charge in [0.2, 0.25) is 5.91 Å². The van der Waals surface area contributed by atoms with Crippen LogP contribution in [-0.2, 0) is 14.3 Å². The smallest absolute Gasteiger partial charge is 0.225 e. The number of hydrogen-bond acceptors (Lipinski definition) is 3. The first kappa shape index (κ1) is 9.48. The van der Waals surface area contributed by atoms with Crippen LogP contribution in [-0.4, -0.2) is 39.4 Å². The van der Waals surface area contributed by atoms with Gasteiger partial charge in [-0.25, -0.2) is 0 Å². The highest BCUT2D eigenvalue weighted by molar-refractivity contribution is 5.78. The minimum absolute atomic E-state index is 0.0573. The van der Waals surface area contributed by atoms with Crippen LogP contribution in [0.15, 0.2) is 0 Å². The normalized spacial score (nSPS) is 22.6. The third kappa shape index (κ3) is 2.79. The van der Waals surface area contributed by atoms with Gasteiger partial charge in [0, 0.05) is 20.3 Å². The zero-order valence-corrected chi connectivity index (χ0v) is 7.34. The van der Waals surface area contributed by atoms with Crippen LogP contribution < -0.4 is 5.32 Å². The van der Waals surface area contributed by atoms with Crippen LogP contribution in [0.4, 0.5) is 0 Å². The fraction of sp³-hybridized carbons (Fsp3) is 0.875. The van der Waals surface area contributed by atoms with E-state index in [0.29, 0.717) is 26.4 Å². The monoisotopic (exact) mass is 173 g/mol. The summed E-state index contributed by atoms with van der Waals surface area (Å²) >= 11 is 0. The minimum atomic E-state index is 0.0573. The fourth-order valence-electron chi connectivity index (χ4n) is 1.16. The van der Waals surface area contributed by atoms with Gasteiger partial charge in [0.05, 0.1) is 19.1 Å². The van der Waals surface area contributed by atoms with E-state index in [9.17, 15) is 4.79 Å². The summed E-state index contributed by atoms with van der Waals surface area (Å²) in [4.78, 5) is 11.3. The van der Waals surface area contributed by atoms with Gasteiger partial charge in [-0.15, -0.1) is 0 Å². The average Bonchev–Trinajstić information content (AvgIpc) is 2.56. The Morgan fingerprint density at radius 1 is 1.75 bits per heavy atom. The van der Waals surface area contributed by atoms with E-state index in [0.717, 1.165) is 6.42 Å². The average molecular weight is 173 g/mol. The first-order valence-electron chi connectivity index (χ1n) is 4.19. The molecule has 0 aromatic heterocycles. The van der Waals surface area contributed by atoms with E-state index >= 15 is 0 Å². The Balaban J connectivity index is 2.10. The first-order chi connectivity index (χ1) is 5.84. The summed E-state index contributed by atoms with van der Waals surface area (Å²) in [6.45, 7) is 2.44. The van der Waals surface area contributed by atoms with Gasteiger partial charge in [-0.1, -0.05) is 0 Å². The Morgan fingerprint density at radius 2 is 2.58 bits per heavy atom. The van der Waals surface area contributed by atoms with Gasteiger partial charge >= 0.3 is 0 Å². The fourth-order valence-corrected chi connectivity index (χ4v) is 1.16. The maximum atomic E-state index is 11.3. The lowest BCUT2D eigenvalue weighted by Crippen LogP contribution is -2.33. The zero-order chi connectivity index (χ0) is 8.81. The molecular weight excluding hydrogens is 158 g/mol. The molecular formula is C8H15NO3. The quantitative estimate of drug-likeness (QED) is 0.598. The first-order valence-corrected chi connectivity index (χ1v) is 4.19. The minimum Gasteiger partial charge on any atom is -0.383 e. The molecule has 0 aliphatic carbocycles. The van der Waals surface area contributed by atoms with Crippen molar-refractivity contribution in [2.45, 2.75) is 6.42 Å². The van der Waals surface area contributed by atoms with E-state index in [4.69, 9.17) is 9.47 Å². The van der Waals surface area contributed by atoms with Crippen molar-refractivity contribution in [1.82, 2.24) is 5.32 Å². The van der Waals surface area contributed by atoms with Crippen molar-refractivity contribution in [2.24, 2.45) is 5.92 Å². The highest BCUT2D eigenvalue weighted by Gasteiger charge is 2.22. The molecule has 0 saturated carbocycles. The number of nitrogens with one attached hydrogen (secondary N) is 1. The van der Waals surface area contributed by atoms with Gasteiger partial charge in [-0.05, 0) is 6.42 Å². The molecule has 0 aromatic rings. The van der Waals surface area contributed by atoms with Crippen LogP contribution in [0.2, 0.25) is 0 Å². The van der Waals surface area contributed by atoms with Crippen LogP contribution in [0.1, 0.15) is 6.42 Å². The molecule has 1 fully saturated rings. The molecule has 1 rings (SSSR count). The predicted octanol–water partition coefficient (Wildman–Crippen LogP) is -0.215. The van der Waals surface area contributed by atoms with E-state index in [1.807, 2.05) is 0 Å². The maximum Gasteiger partial charge on any atom is 0.225 e. The number of hydrogen-bond donors (Lipinski definition) is 1. The Labute approximate surface area is 72.2 Å². The highest BCUT2D eigenvalue weighted by Crippen LogP contribution is 2.11. The third-order valence-electron chi connectivity index (χ3n) is 1.91. The van der Waals surface area contributed by atoms with Crippen LogP contribution in [0.3, 0.4) is 0 Å². The lowest BCUT2D eigenvalue weighted by Gasteiger charge is -2.07. The highest BCUT2D eigenvalue weighted by atomic mass is 16.5. The second kappa shape index (κ2) is 5.11. The van der Waals surface area contributed by atoms with E-state index in [1.54, 1.807) is 7.11 Å². The molecule has 0 bridgehead atoms. The van der Waals surface area contributed by atoms with E-state index < -0.39 is 0 Å². The maximum absolute atomic E-state index is 11.3. The van der Waals surface area contributed by atoms with E-state index in [-0.39, 0.29) is 11.8 Å². The number of ether oxygens (including phenoxy) is 2. The summed E-state index contributed by atoms with van der Waals surface area (Å²) < 4.78 is 9.90. The summed E-state index contributed by atoms with van der Waals surface area (Å²) in [6, 6.07) is 0. The van der Waals surface area contributed by atoms with Gasteiger partial charge in [-0.2, -0.15) is 0 Å². The van der Waals surface area contributed by atoms with E-state index in [1.165, 1.54) is 0 Å². The molecule has 0 spiro atoms. The second-order valence-electron chi connectivity index (χ2n) is 2.84. The van der Waals surface area contributed by atoms with Gasteiger partial charge in [0.1, 0.15) is 0 Å². The summed E-state index contributed by atoms with van der Waals surface area (Å²) in [7, 11) is 1.62. The van der Waals surface area contributed by atoms with Crippen molar-refractivity contribution in [2.75, 3.05) is 33.5 Å². The summed E-state index contributed by atoms with van der Waals surface area (Å²) in [5.74, 6) is 0.145. The molecule has 1 saturated heterocycles. The van der Waals surface area contributed by atoms with Gasteiger partial charge in [0.25, 0.3) is 0 Å². The van der Waals surface area contributed by atoms with Crippen LogP contribution in [0.5, 0.6) is 0 Å². The molecule has 4 heteroatoms. The summed E-state index contributed by atoms with van der Waals surface area (Å²) in [5.41, 5.74) is 0. The molecule has 4 nitrogen and oxygen atoms in total. The third-order valence-corrected chi connectivity index (χ3v) is 1.91. The van der Waals surface area contributed by atoms with Gasteiger partial charge in [0.15, 0.2) is 0 Å². The SMILES string of the molecule is COCCNC(=O)C1CCOC1. The lowest BCUT2D eigenvalue weighted by atomic mass is 10.1. The van der Waals surface area contributed by atoms with Crippen molar-refractivity contribution in [1.29, 1.82) is 0 Å². The van der Waals surface area contributed by atoms with Crippen molar-refractivity contribution in [3.63, 3.8) is 0 Å². The lowest BCUT2D eigenvalue weighted by molar-refractivity contribution is -0.125. The predicted molar refractivity (Wildman–Crippen MR) is 43.8 cm³/mol. The van der Waals surface area contributed by atoms with Crippen molar-refractivity contribution in [3.8, 4) is 0 Å². The molecule has 1 amide bonds. The molecule has 1 aliphatic rings. The molecule has 0 aromatic carbocycles. The van der Waals surface area contributed by atoms with Gasteiger partial charge < -0.3 is 14.8 Å².